The summed E-state index contributed by atoms with van der Waals surface area (Å²) in [6.45, 7) is 4.80. The molecule has 18 heavy (non-hydrogen) atoms. The summed E-state index contributed by atoms with van der Waals surface area (Å²) >= 11 is 0. The lowest BCUT2D eigenvalue weighted by atomic mass is 10.2. The van der Waals surface area contributed by atoms with Gasteiger partial charge < -0.3 is 5.11 Å². The van der Waals surface area contributed by atoms with E-state index < -0.39 is 15.8 Å². The van der Waals surface area contributed by atoms with Gasteiger partial charge in [0.05, 0.1) is 9.80 Å². The summed E-state index contributed by atoms with van der Waals surface area (Å²) in [5.74, 6) is -1.21. The van der Waals surface area contributed by atoms with Crippen LogP contribution in [0.25, 0.3) is 0 Å². The number of hydrogen-bond donors (Lipinski definition) is 1. The molecule has 1 N–H and O–H groups in total. The third-order valence-corrected chi connectivity index (χ3v) is 4.85. The zero-order valence-electron chi connectivity index (χ0n) is 10.6. The minimum absolute atomic E-state index is 0.0427. The lowest BCUT2D eigenvalue weighted by molar-refractivity contribution is -0.132. The highest BCUT2D eigenvalue weighted by Gasteiger charge is 2.23. The normalized spacial score (nSPS) is 13.1. The highest BCUT2D eigenvalue weighted by atomic mass is 32.2. The molecule has 1 aromatic carbocycles. The van der Waals surface area contributed by atoms with E-state index in [1.807, 2.05) is 6.92 Å². The first-order valence-electron chi connectivity index (χ1n) is 5.55. The fraction of sp³-hybridized carbons (Fsp3) is 0.308. The lowest BCUT2D eigenvalue weighted by Gasteiger charge is -2.09. The molecule has 0 heterocycles. The summed E-state index contributed by atoms with van der Waals surface area (Å²) < 4.78 is 24.6. The lowest BCUT2D eigenvalue weighted by Crippen LogP contribution is -2.10. The molecule has 1 aromatic rings. The fourth-order valence-corrected chi connectivity index (χ4v) is 3.29. The molecule has 0 atom stereocenters. The maximum absolute atomic E-state index is 12.3. The maximum Gasteiger partial charge on any atom is 0.332 e. The quantitative estimate of drug-likeness (QED) is 0.852. The van der Waals surface area contributed by atoms with Crippen molar-refractivity contribution in [2.45, 2.75) is 32.1 Å². The molecular formula is C13H16O4S. The Kier molecular flexibility index (Phi) is 4.29. The fourth-order valence-electron chi connectivity index (χ4n) is 1.64. The Morgan fingerprint density at radius 2 is 1.72 bits per heavy atom. The highest BCUT2D eigenvalue weighted by molar-refractivity contribution is 7.95. The largest absolute Gasteiger partial charge is 0.478 e. The Labute approximate surface area is 107 Å². The van der Waals surface area contributed by atoms with Crippen molar-refractivity contribution in [3.8, 4) is 0 Å². The van der Waals surface area contributed by atoms with Gasteiger partial charge in [0.2, 0.25) is 9.84 Å². The van der Waals surface area contributed by atoms with Crippen LogP contribution in [0.1, 0.15) is 25.8 Å². The first kappa shape index (κ1) is 14.4. The molecule has 98 valence electrons. The van der Waals surface area contributed by atoms with Crippen LogP contribution in [0.4, 0.5) is 0 Å². The van der Waals surface area contributed by atoms with Crippen molar-refractivity contribution >= 4 is 15.8 Å². The average Bonchev–Trinajstić information content (AvgIpc) is 2.29. The predicted molar refractivity (Wildman–Crippen MR) is 69.0 cm³/mol. The molecule has 0 fully saturated rings. The molecule has 0 bridgehead atoms. The van der Waals surface area contributed by atoms with E-state index in [4.69, 9.17) is 5.11 Å². The van der Waals surface area contributed by atoms with E-state index in [1.54, 1.807) is 19.1 Å². The minimum atomic E-state index is -3.71. The highest BCUT2D eigenvalue weighted by Crippen LogP contribution is 2.24. The van der Waals surface area contributed by atoms with E-state index in [9.17, 15) is 13.2 Å². The van der Waals surface area contributed by atoms with E-state index in [1.165, 1.54) is 19.1 Å². The van der Waals surface area contributed by atoms with Gasteiger partial charge in [-0.1, -0.05) is 24.6 Å². The smallest absolute Gasteiger partial charge is 0.332 e. The molecule has 0 radical (unpaired) electrons. The first-order valence-corrected chi connectivity index (χ1v) is 7.03. The first-order chi connectivity index (χ1) is 8.30. The number of rotatable bonds is 4. The van der Waals surface area contributed by atoms with Crippen molar-refractivity contribution in [1.82, 2.24) is 0 Å². The third-order valence-electron chi connectivity index (χ3n) is 2.72. The summed E-state index contributed by atoms with van der Waals surface area (Å²) in [7, 11) is -3.71. The van der Waals surface area contributed by atoms with Crippen LogP contribution in [0.2, 0.25) is 0 Å². The number of aryl methyl sites for hydroxylation is 1. The van der Waals surface area contributed by atoms with Crippen molar-refractivity contribution in [2.24, 2.45) is 0 Å². The predicted octanol–water partition coefficient (Wildman–Crippen LogP) is 2.54. The Balaban J connectivity index is 3.41. The molecule has 0 aliphatic carbocycles. The van der Waals surface area contributed by atoms with Crippen molar-refractivity contribution in [3.05, 3.63) is 40.3 Å². The number of carboxylic acid groups (broad SMARTS) is 1. The zero-order chi connectivity index (χ0) is 13.9. The van der Waals surface area contributed by atoms with Gasteiger partial charge in [0, 0.05) is 5.57 Å². The summed E-state index contributed by atoms with van der Waals surface area (Å²) in [4.78, 5) is 11.0. The number of aliphatic carboxylic acids is 1. The van der Waals surface area contributed by atoms with E-state index in [0.717, 1.165) is 5.56 Å². The number of benzene rings is 1. The van der Waals surface area contributed by atoms with Crippen molar-refractivity contribution in [2.75, 3.05) is 0 Å². The summed E-state index contributed by atoms with van der Waals surface area (Å²) in [6.07, 6.45) is 0.161. The van der Waals surface area contributed by atoms with Gasteiger partial charge in [-0.3, -0.25) is 0 Å². The van der Waals surface area contributed by atoms with Crippen LogP contribution in [0.3, 0.4) is 0 Å². The summed E-state index contributed by atoms with van der Waals surface area (Å²) in [6, 6.07) is 6.37. The standard InChI is InChI=1S/C13H16O4S/c1-4-12(10(3)13(14)15)18(16,17)11-7-5-9(2)6-8-11/h5-8H,4H2,1-3H3,(H,14,15)/b12-10+. The number of carbonyl (C=O) groups is 1. The van der Waals surface area contributed by atoms with Crippen LogP contribution >= 0.6 is 0 Å². The molecule has 0 amide bonds. The van der Waals surface area contributed by atoms with E-state index in [0.29, 0.717) is 0 Å². The molecule has 0 aromatic heterocycles. The van der Waals surface area contributed by atoms with Crippen LogP contribution in [-0.4, -0.2) is 19.5 Å². The summed E-state index contributed by atoms with van der Waals surface area (Å²) in [5.41, 5.74) is 0.823. The molecule has 0 aliphatic rings. The SMILES string of the molecule is CC/C(=C(/C)C(=O)O)S(=O)(=O)c1ccc(C)cc1. The van der Waals surface area contributed by atoms with Crippen LogP contribution in [-0.2, 0) is 14.6 Å². The van der Waals surface area contributed by atoms with Gasteiger partial charge in [-0.05, 0) is 32.4 Å². The molecular weight excluding hydrogens is 252 g/mol. The van der Waals surface area contributed by atoms with E-state index in [2.05, 4.69) is 0 Å². The van der Waals surface area contributed by atoms with Crippen molar-refractivity contribution < 1.29 is 18.3 Å². The van der Waals surface area contributed by atoms with Gasteiger partial charge in [-0.15, -0.1) is 0 Å². The number of carboxylic acids is 1. The van der Waals surface area contributed by atoms with E-state index >= 15 is 0 Å². The Hall–Kier alpha value is -1.62. The van der Waals surface area contributed by atoms with Gasteiger partial charge in [-0.2, -0.15) is 0 Å². The van der Waals surface area contributed by atoms with Gasteiger partial charge in [-0.25, -0.2) is 13.2 Å². The van der Waals surface area contributed by atoms with Gasteiger partial charge >= 0.3 is 5.97 Å². The van der Waals surface area contributed by atoms with Crippen LogP contribution in [0, 0.1) is 6.92 Å². The number of allylic oxidation sites excluding steroid dienone is 1. The van der Waals surface area contributed by atoms with Gasteiger partial charge in [0.25, 0.3) is 0 Å². The minimum Gasteiger partial charge on any atom is -0.478 e. The third kappa shape index (κ3) is 2.79. The van der Waals surface area contributed by atoms with Crippen molar-refractivity contribution in [3.63, 3.8) is 0 Å². The number of hydrogen-bond acceptors (Lipinski definition) is 3. The van der Waals surface area contributed by atoms with Gasteiger partial charge in [0.15, 0.2) is 0 Å². The second-order valence-electron chi connectivity index (χ2n) is 4.02. The topological polar surface area (TPSA) is 71.4 Å². The van der Waals surface area contributed by atoms with Crippen LogP contribution in [0.15, 0.2) is 39.6 Å². The Morgan fingerprint density at radius 3 is 2.11 bits per heavy atom. The van der Waals surface area contributed by atoms with E-state index in [-0.39, 0.29) is 21.8 Å². The Morgan fingerprint density at radius 1 is 1.22 bits per heavy atom. The number of sulfone groups is 1. The molecule has 5 heteroatoms. The van der Waals surface area contributed by atoms with Gasteiger partial charge in [0.1, 0.15) is 0 Å². The molecule has 0 aliphatic heterocycles. The monoisotopic (exact) mass is 268 g/mol. The zero-order valence-corrected chi connectivity index (χ0v) is 11.4. The van der Waals surface area contributed by atoms with Crippen molar-refractivity contribution in [1.29, 1.82) is 0 Å². The van der Waals surface area contributed by atoms with Crippen LogP contribution < -0.4 is 0 Å². The molecule has 4 nitrogen and oxygen atoms in total. The molecule has 0 saturated heterocycles. The molecule has 1 rings (SSSR count). The van der Waals surface area contributed by atoms with Crippen LogP contribution in [0.5, 0.6) is 0 Å². The summed E-state index contributed by atoms with van der Waals surface area (Å²) in [5, 5.41) is 8.92. The second-order valence-corrected chi connectivity index (χ2v) is 5.99. The Bertz CT molecular complexity index is 580. The average molecular weight is 268 g/mol. The maximum atomic E-state index is 12.3. The molecule has 0 saturated carbocycles. The molecule has 0 spiro atoms. The second kappa shape index (κ2) is 5.35. The molecule has 0 unspecified atom stereocenters.